The van der Waals surface area contributed by atoms with E-state index in [1.165, 1.54) is 25.3 Å². The van der Waals surface area contributed by atoms with Gasteiger partial charge in [-0.05, 0) is 37.3 Å². The smallest absolute Gasteiger partial charge is 0.328 e. The Hall–Kier alpha value is -1.48. The molecule has 4 heteroatoms. The summed E-state index contributed by atoms with van der Waals surface area (Å²) in [5, 5.41) is 9.29. The lowest BCUT2D eigenvalue weighted by atomic mass is 9.85. The van der Waals surface area contributed by atoms with Crippen LogP contribution in [-0.4, -0.2) is 17.2 Å². The summed E-state index contributed by atoms with van der Waals surface area (Å²) in [6, 6.07) is 5.39. The first-order chi connectivity index (χ1) is 10.1. The highest BCUT2D eigenvalue weighted by molar-refractivity contribution is 6.32. The monoisotopic (exact) mass is 308 g/mol. The lowest BCUT2D eigenvalue weighted by Gasteiger charge is -2.29. The molecule has 2 rings (SSSR count). The Balaban J connectivity index is 2.16. The minimum Gasteiger partial charge on any atom is -0.488 e. The zero-order valence-corrected chi connectivity index (χ0v) is 13.0. The Labute approximate surface area is 130 Å². The molecule has 0 spiro atoms. The van der Waals surface area contributed by atoms with Gasteiger partial charge in [-0.2, -0.15) is 0 Å². The van der Waals surface area contributed by atoms with Crippen molar-refractivity contribution in [2.45, 2.75) is 45.1 Å². The van der Waals surface area contributed by atoms with E-state index in [1.54, 1.807) is 12.1 Å². The molecule has 0 amide bonds. The lowest BCUT2D eigenvalue weighted by Crippen LogP contribution is -2.25. The van der Waals surface area contributed by atoms with Gasteiger partial charge >= 0.3 is 5.97 Å². The summed E-state index contributed by atoms with van der Waals surface area (Å²) in [5.41, 5.74) is 0.712. The predicted molar refractivity (Wildman–Crippen MR) is 84.8 cm³/mol. The van der Waals surface area contributed by atoms with Crippen LogP contribution in [0.5, 0.6) is 5.75 Å². The van der Waals surface area contributed by atoms with Crippen molar-refractivity contribution in [3.8, 4) is 5.75 Å². The van der Waals surface area contributed by atoms with Crippen molar-refractivity contribution in [2.75, 3.05) is 0 Å². The van der Waals surface area contributed by atoms with E-state index in [2.05, 4.69) is 6.92 Å². The Bertz CT molecular complexity index is 525. The van der Waals surface area contributed by atoms with Gasteiger partial charge in [-0.3, -0.25) is 0 Å². The molecule has 0 aromatic heterocycles. The van der Waals surface area contributed by atoms with E-state index < -0.39 is 5.97 Å². The second-order valence-corrected chi connectivity index (χ2v) is 5.92. The lowest BCUT2D eigenvalue weighted by molar-refractivity contribution is -0.131. The SMILES string of the molecule is CCC1CCCC(Oc2c(Cl)cccc2/C=C/C(=O)O)C1. The molecule has 2 atom stereocenters. The van der Waals surface area contributed by atoms with Gasteiger partial charge in [-0.25, -0.2) is 4.79 Å². The number of para-hydroxylation sites is 1. The molecule has 114 valence electrons. The molecule has 1 aliphatic carbocycles. The van der Waals surface area contributed by atoms with Crippen molar-refractivity contribution >= 4 is 23.6 Å². The minimum absolute atomic E-state index is 0.167. The maximum atomic E-state index is 10.7. The van der Waals surface area contributed by atoms with Gasteiger partial charge in [0, 0.05) is 11.6 Å². The molecule has 0 saturated heterocycles. The van der Waals surface area contributed by atoms with Crippen LogP contribution in [0.2, 0.25) is 5.02 Å². The van der Waals surface area contributed by atoms with E-state index in [-0.39, 0.29) is 6.10 Å². The standard InChI is InChI=1S/C17H21ClO3/c1-2-12-5-3-7-14(11-12)21-17-13(9-10-16(19)20)6-4-8-15(17)18/h4,6,8-10,12,14H,2-3,5,7,11H2,1H3,(H,19,20)/b10-9+. The van der Waals surface area contributed by atoms with Crippen molar-refractivity contribution in [1.82, 2.24) is 0 Å². The number of carbonyl (C=O) groups is 1. The first-order valence-corrected chi connectivity index (χ1v) is 7.84. The molecule has 0 bridgehead atoms. The number of hydrogen-bond donors (Lipinski definition) is 1. The molecule has 0 radical (unpaired) electrons. The highest BCUT2D eigenvalue weighted by Crippen LogP contribution is 2.35. The summed E-state index contributed by atoms with van der Waals surface area (Å²) in [6.07, 6.45) is 8.50. The zero-order valence-electron chi connectivity index (χ0n) is 12.2. The number of halogens is 1. The van der Waals surface area contributed by atoms with Crippen molar-refractivity contribution in [2.24, 2.45) is 5.92 Å². The molecule has 1 saturated carbocycles. The molecule has 1 aliphatic rings. The van der Waals surface area contributed by atoms with E-state index >= 15 is 0 Å². The second-order valence-electron chi connectivity index (χ2n) is 5.51. The molecule has 0 aliphatic heterocycles. The fourth-order valence-electron chi connectivity index (χ4n) is 2.83. The number of carboxylic acids is 1. The number of hydrogen-bond acceptors (Lipinski definition) is 2. The molecular weight excluding hydrogens is 288 g/mol. The highest BCUT2D eigenvalue weighted by Gasteiger charge is 2.23. The van der Waals surface area contributed by atoms with Crippen LogP contribution < -0.4 is 4.74 Å². The van der Waals surface area contributed by atoms with Crippen molar-refractivity contribution in [3.05, 3.63) is 34.9 Å². The summed E-state index contributed by atoms with van der Waals surface area (Å²) in [4.78, 5) is 10.7. The first-order valence-electron chi connectivity index (χ1n) is 7.46. The molecular formula is C17H21ClO3. The molecule has 0 heterocycles. The van der Waals surface area contributed by atoms with Crippen molar-refractivity contribution < 1.29 is 14.6 Å². The van der Waals surface area contributed by atoms with Gasteiger partial charge in [-0.15, -0.1) is 0 Å². The van der Waals surface area contributed by atoms with Gasteiger partial charge in [0.25, 0.3) is 0 Å². The fourth-order valence-corrected chi connectivity index (χ4v) is 3.05. The molecule has 1 N–H and O–H groups in total. The third-order valence-corrected chi connectivity index (χ3v) is 4.30. The van der Waals surface area contributed by atoms with Crippen LogP contribution in [0.3, 0.4) is 0 Å². The normalized spacial score (nSPS) is 22.4. The van der Waals surface area contributed by atoms with Crippen LogP contribution >= 0.6 is 11.6 Å². The van der Waals surface area contributed by atoms with Crippen LogP contribution in [-0.2, 0) is 4.79 Å². The Kier molecular flexibility index (Phi) is 5.68. The van der Waals surface area contributed by atoms with Crippen LogP contribution in [0.1, 0.15) is 44.6 Å². The van der Waals surface area contributed by atoms with Crippen LogP contribution in [0.25, 0.3) is 6.08 Å². The number of ether oxygens (including phenoxy) is 1. The van der Waals surface area contributed by atoms with Crippen molar-refractivity contribution in [3.63, 3.8) is 0 Å². The van der Waals surface area contributed by atoms with E-state index in [9.17, 15) is 4.79 Å². The Morgan fingerprint density at radius 1 is 1.48 bits per heavy atom. The molecule has 21 heavy (non-hydrogen) atoms. The number of benzene rings is 1. The first kappa shape index (κ1) is 15.9. The molecule has 1 aromatic carbocycles. The minimum atomic E-state index is -0.982. The largest absolute Gasteiger partial charge is 0.488 e. The van der Waals surface area contributed by atoms with Gasteiger partial charge in [0.2, 0.25) is 0 Å². The van der Waals surface area contributed by atoms with Crippen molar-refractivity contribution in [1.29, 1.82) is 0 Å². The summed E-state index contributed by atoms with van der Waals surface area (Å²) < 4.78 is 6.11. The second kappa shape index (κ2) is 7.51. The summed E-state index contributed by atoms with van der Waals surface area (Å²) in [7, 11) is 0. The van der Waals surface area contributed by atoms with Crippen LogP contribution in [0.15, 0.2) is 24.3 Å². The maximum Gasteiger partial charge on any atom is 0.328 e. The Morgan fingerprint density at radius 2 is 2.29 bits per heavy atom. The topological polar surface area (TPSA) is 46.5 Å². The van der Waals surface area contributed by atoms with Crippen LogP contribution in [0, 0.1) is 5.92 Å². The maximum absolute atomic E-state index is 10.7. The quantitative estimate of drug-likeness (QED) is 0.796. The number of aliphatic carboxylic acids is 1. The molecule has 2 unspecified atom stereocenters. The summed E-state index contributed by atoms with van der Waals surface area (Å²) in [5.74, 6) is 0.326. The number of carboxylic acid groups (broad SMARTS) is 1. The van der Waals surface area contributed by atoms with Gasteiger partial charge < -0.3 is 9.84 Å². The van der Waals surface area contributed by atoms with E-state index in [1.807, 2.05) is 6.07 Å². The fraction of sp³-hybridized carbons (Fsp3) is 0.471. The summed E-state index contributed by atoms with van der Waals surface area (Å²) in [6.45, 7) is 2.21. The van der Waals surface area contributed by atoms with Gasteiger partial charge in [-0.1, -0.05) is 43.5 Å². The predicted octanol–water partition coefficient (Wildman–Crippen LogP) is 4.79. The Morgan fingerprint density at radius 3 is 3.00 bits per heavy atom. The highest BCUT2D eigenvalue weighted by atomic mass is 35.5. The van der Waals surface area contributed by atoms with E-state index in [0.717, 1.165) is 18.9 Å². The van der Waals surface area contributed by atoms with Gasteiger partial charge in [0.05, 0.1) is 11.1 Å². The van der Waals surface area contributed by atoms with E-state index in [0.29, 0.717) is 22.3 Å². The third-order valence-electron chi connectivity index (χ3n) is 4.00. The average Bonchev–Trinajstić information content (AvgIpc) is 2.48. The van der Waals surface area contributed by atoms with E-state index in [4.69, 9.17) is 21.4 Å². The third kappa shape index (κ3) is 4.50. The molecule has 1 fully saturated rings. The van der Waals surface area contributed by atoms with Gasteiger partial charge in [0.1, 0.15) is 5.75 Å². The average molecular weight is 309 g/mol. The zero-order chi connectivity index (χ0) is 15.2. The van der Waals surface area contributed by atoms with Crippen LogP contribution in [0.4, 0.5) is 0 Å². The molecule has 3 nitrogen and oxygen atoms in total. The molecule has 1 aromatic rings. The summed E-state index contributed by atoms with van der Waals surface area (Å²) >= 11 is 6.23. The van der Waals surface area contributed by atoms with Gasteiger partial charge in [0.15, 0.2) is 0 Å². The number of rotatable bonds is 5.